The van der Waals surface area contributed by atoms with Gasteiger partial charge in [0.25, 0.3) is 0 Å². The lowest BCUT2D eigenvalue weighted by molar-refractivity contribution is -0.167. The maximum absolute atomic E-state index is 12.9. The van der Waals surface area contributed by atoms with Gasteiger partial charge in [-0.1, -0.05) is 286 Å². The average Bonchev–Trinajstić information content (AvgIpc) is 3.40. The van der Waals surface area contributed by atoms with Gasteiger partial charge in [-0.3, -0.25) is 14.4 Å². The van der Waals surface area contributed by atoms with Crippen LogP contribution in [0.15, 0.2) is 72.9 Å². The van der Waals surface area contributed by atoms with Gasteiger partial charge in [-0.05, 0) is 89.9 Å². The average molecular weight is 1030 g/mol. The van der Waals surface area contributed by atoms with Crippen LogP contribution in [0.4, 0.5) is 0 Å². The molecule has 0 N–H and O–H groups in total. The Balaban J connectivity index is 4.37. The number of unbranched alkanes of at least 4 members (excludes halogenated alkanes) is 35. The van der Waals surface area contributed by atoms with Crippen LogP contribution in [-0.4, -0.2) is 37.2 Å². The van der Waals surface area contributed by atoms with Crippen molar-refractivity contribution in [3.63, 3.8) is 0 Å². The molecule has 0 amide bonds. The van der Waals surface area contributed by atoms with E-state index in [2.05, 4.69) is 93.7 Å². The molecule has 6 nitrogen and oxygen atoms in total. The summed E-state index contributed by atoms with van der Waals surface area (Å²) in [4.78, 5) is 38.3. The molecule has 0 saturated carbocycles. The van der Waals surface area contributed by atoms with E-state index < -0.39 is 6.10 Å². The number of carbonyl (C=O) groups excluding carboxylic acids is 3. The highest BCUT2D eigenvalue weighted by Crippen LogP contribution is 2.17. The number of rotatable bonds is 58. The lowest BCUT2D eigenvalue weighted by Crippen LogP contribution is -2.30. The Morgan fingerprint density at radius 3 is 0.851 bits per heavy atom. The fourth-order valence-electron chi connectivity index (χ4n) is 9.17. The monoisotopic (exact) mass is 1030 g/mol. The van der Waals surface area contributed by atoms with Crippen LogP contribution in [0.3, 0.4) is 0 Å². The Bertz CT molecular complexity index is 1370. The first-order valence-corrected chi connectivity index (χ1v) is 31.9. The second-order valence-electron chi connectivity index (χ2n) is 21.3. The van der Waals surface area contributed by atoms with Gasteiger partial charge >= 0.3 is 17.9 Å². The molecule has 6 heteroatoms. The van der Waals surface area contributed by atoms with E-state index in [9.17, 15) is 14.4 Å². The van der Waals surface area contributed by atoms with Crippen molar-refractivity contribution in [2.24, 2.45) is 0 Å². The van der Waals surface area contributed by atoms with Crippen LogP contribution in [0.25, 0.3) is 0 Å². The van der Waals surface area contributed by atoms with Crippen molar-refractivity contribution in [1.29, 1.82) is 0 Å². The summed E-state index contributed by atoms with van der Waals surface area (Å²) in [6.45, 7) is 6.54. The van der Waals surface area contributed by atoms with E-state index in [1.165, 1.54) is 186 Å². The Morgan fingerprint density at radius 1 is 0.284 bits per heavy atom. The van der Waals surface area contributed by atoms with Gasteiger partial charge < -0.3 is 14.2 Å². The van der Waals surface area contributed by atoms with Crippen LogP contribution in [0.5, 0.6) is 0 Å². The zero-order valence-electron chi connectivity index (χ0n) is 49.1. The summed E-state index contributed by atoms with van der Waals surface area (Å²) in [6.07, 6.45) is 80.4. The number of hydrogen-bond donors (Lipinski definition) is 0. The van der Waals surface area contributed by atoms with Gasteiger partial charge in [-0.15, -0.1) is 0 Å². The third-order valence-corrected chi connectivity index (χ3v) is 13.9. The Kier molecular flexibility index (Phi) is 59.7. The molecule has 0 aromatic carbocycles. The van der Waals surface area contributed by atoms with Crippen molar-refractivity contribution in [3.8, 4) is 0 Å². The lowest BCUT2D eigenvalue weighted by Gasteiger charge is -2.18. The number of ether oxygens (including phenoxy) is 3. The van der Waals surface area contributed by atoms with E-state index in [1.807, 2.05) is 0 Å². The van der Waals surface area contributed by atoms with E-state index in [4.69, 9.17) is 14.2 Å². The second kappa shape index (κ2) is 62.4. The van der Waals surface area contributed by atoms with Crippen molar-refractivity contribution < 1.29 is 28.6 Å². The summed E-state index contributed by atoms with van der Waals surface area (Å²) in [5.41, 5.74) is 0. The fourth-order valence-corrected chi connectivity index (χ4v) is 9.17. The van der Waals surface area contributed by atoms with Gasteiger partial charge in [0.2, 0.25) is 0 Å². The molecule has 428 valence electrons. The van der Waals surface area contributed by atoms with Gasteiger partial charge in [-0.2, -0.15) is 0 Å². The molecule has 0 heterocycles. The van der Waals surface area contributed by atoms with E-state index in [0.717, 1.165) is 96.3 Å². The summed E-state index contributed by atoms with van der Waals surface area (Å²) in [6, 6.07) is 0. The first-order chi connectivity index (χ1) is 36.5. The molecule has 0 aromatic heterocycles. The zero-order chi connectivity index (χ0) is 53.6. The number of esters is 3. The highest BCUT2D eigenvalue weighted by atomic mass is 16.6. The number of carbonyl (C=O) groups is 3. The molecular formula is C68H120O6. The van der Waals surface area contributed by atoms with Crippen molar-refractivity contribution in [1.82, 2.24) is 0 Å². The predicted molar refractivity (Wildman–Crippen MR) is 321 cm³/mol. The molecule has 0 aliphatic heterocycles. The molecule has 74 heavy (non-hydrogen) atoms. The highest BCUT2D eigenvalue weighted by molar-refractivity contribution is 5.71. The van der Waals surface area contributed by atoms with Crippen LogP contribution in [0, 0.1) is 0 Å². The molecule has 1 unspecified atom stereocenters. The summed E-state index contributed by atoms with van der Waals surface area (Å²) < 4.78 is 16.9. The molecule has 0 radical (unpaired) electrons. The molecule has 0 aromatic rings. The Hall–Kier alpha value is -3.15. The van der Waals surface area contributed by atoms with Crippen molar-refractivity contribution >= 4 is 17.9 Å². The minimum Gasteiger partial charge on any atom is -0.462 e. The Morgan fingerprint density at radius 2 is 0.527 bits per heavy atom. The number of hydrogen-bond acceptors (Lipinski definition) is 6. The van der Waals surface area contributed by atoms with Crippen molar-refractivity contribution in [3.05, 3.63) is 72.9 Å². The van der Waals surface area contributed by atoms with Gasteiger partial charge in [0.1, 0.15) is 13.2 Å². The van der Waals surface area contributed by atoms with Gasteiger partial charge in [0.15, 0.2) is 6.10 Å². The normalized spacial score (nSPS) is 12.5. The molecule has 0 fully saturated rings. The minimum atomic E-state index is -0.781. The predicted octanol–water partition coefficient (Wildman–Crippen LogP) is 21.7. The molecule has 0 rings (SSSR count). The molecule has 0 bridgehead atoms. The van der Waals surface area contributed by atoms with E-state index in [-0.39, 0.29) is 31.1 Å². The summed E-state index contributed by atoms with van der Waals surface area (Å²) in [5.74, 6) is -0.872. The van der Waals surface area contributed by atoms with Crippen LogP contribution in [-0.2, 0) is 28.6 Å². The summed E-state index contributed by atoms with van der Waals surface area (Å²) in [7, 11) is 0. The van der Waals surface area contributed by atoms with Crippen LogP contribution < -0.4 is 0 Å². The van der Waals surface area contributed by atoms with Gasteiger partial charge in [0, 0.05) is 19.3 Å². The third-order valence-electron chi connectivity index (χ3n) is 13.9. The largest absolute Gasteiger partial charge is 0.462 e. The number of allylic oxidation sites excluding steroid dienone is 12. The molecule has 1 atom stereocenters. The quantitative estimate of drug-likeness (QED) is 0.0261. The zero-order valence-corrected chi connectivity index (χ0v) is 49.1. The summed E-state index contributed by atoms with van der Waals surface area (Å²) in [5, 5.41) is 0. The fraction of sp³-hybridized carbons (Fsp3) is 0.779. The Labute approximate surface area is 459 Å². The van der Waals surface area contributed by atoms with Crippen molar-refractivity contribution in [2.75, 3.05) is 13.2 Å². The van der Waals surface area contributed by atoms with Gasteiger partial charge in [0.05, 0.1) is 0 Å². The topological polar surface area (TPSA) is 78.9 Å². The SMILES string of the molecule is CC/C=C\C/C=C\C/C=C\C/C=C\CCCCCCCCCCC(=O)OCC(COC(=O)CCCCCCCCCCCCCCCCCC)OC(=O)CCCCCCCCCCC/C=C\C/C=C\CCCCC. The first kappa shape index (κ1) is 70.8. The van der Waals surface area contributed by atoms with E-state index in [1.54, 1.807) is 0 Å². The van der Waals surface area contributed by atoms with Crippen LogP contribution in [0.1, 0.15) is 323 Å². The maximum atomic E-state index is 12.9. The van der Waals surface area contributed by atoms with Crippen LogP contribution >= 0.6 is 0 Å². The molecule has 0 aliphatic carbocycles. The van der Waals surface area contributed by atoms with E-state index in [0.29, 0.717) is 19.3 Å². The molecule has 0 saturated heterocycles. The van der Waals surface area contributed by atoms with Gasteiger partial charge in [-0.25, -0.2) is 0 Å². The molecule has 0 spiro atoms. The molecule has 0 aliphatic rings. The summed E-state index contributed by atoms with van der Waals surface area (Å²) >= 11 is 0. The maximum Gasteiger partial charge on any atom is 0.306 e. The van der Waals surface area contributed by atoms with Crippen LogP contribution in [0.2, 0.25) is 0 Å². The lowest BCUT2D eigenvalue weighted by atomic mass is 10.0. The smallest absolute Gasteiger partial charge is 0.306 e. The van der Waals surface area contributed by atoms with E-state index >= 15 is 0 Å². The molecular weight excluding hydrogens is 913 g/mol. The second-order valence-corrected chi connectivity index (χ2v) is 21.3. The van der Waals surface area contributed by atoms with Crippen molar-refractivity contribution in [2.45, 2.75) is 329 Å². The standard InChI is InChI=1S/C68H120O6/c1-4-7-10-13-16-19-22-25-28-31-33-34-36-37-40-43-46-49-52-55-58-61-67(70)73-64-65(63-72-66(69)60-57-54-51-48-45-42-39-30-27-24-21-18-15-12-9-6-3)74-68(71)62-59-56-53-50-47-44-41-38-35-32-29-26-23-20-17-14-11-8-5-2/h7,10,16-17,19-20,25-26,28-29,33-34,65H,4-6,8-9,11-15,18,21-24,27,30-32,35-64H2,1-3H3/b10-7-,19-16-,20-17-,28-25-,29-26-,34-33-. The highest BCUT2D eigenvalue weighted by Gasteiger charge is 2.19. The third kappa shape index (κ3) is 59.7. The minimum absolute atomic E-state index is 0.0764. The first-order valence-electron chi connectivity index (χ1n) is 31.9.